The topological polar surface area (TPSA) is 52.8 Å². The van der Waals surface area contributed by atoms with Crippen molar-refractivity contribution in [2.45, 2.75) is 111 Å². The molecule has 0 aromatic rings. The van der Waals surface area contributed by atoms with Crippen molar-refractivity contribution in [1.29, 1.82) is 0 Å². The van der Waals surface area contributed by atoms with Crippen LogP contribution in [0.2, 0.25) is 0 Å². The number of hydrogen-bond donors (Lipinski definition) is 2. The van der Waals surface area contributed by atoms with Crippen LogP contribution in [0.15, 0.2) is 5.16 Å². The molecule has 4 rings (SSSR count). The van der Waals surface area contributed by atoms with E-state index in [1.165, 1.54) is 44.9 Å². The molecular weight excluding hydrogens is 370 g/mol. The van der Waals surface area contributed by atoms with Crippen molar-refractivity contribution >= 4 is 5.71 Å². The molecule has 4 aliphatic rings. The molecule has 0 amide bonds. The smallest absolute Gasteiger partial charge is 0.0580 e. The Morgan fingerprint density at radius 3 is 2.40 bits per heavy atom. The van der Waals surface area contributed by atoms with E-state index in [1.807, 2.05) is 0 Å². The maximum absolute atomic E-state index is 11.2. The Bertz CT molecular complexity index is 645. The average Bonchev–Trinajstić information content (AvgIpc) is 3.05. The molecule has 3 nitrogen and oxygen atoms in total. The molecule has 172 valence electrons. The SMILES string of the molecule is CC(C)CCC[C@@H](C)[C@H]1CC[C@H]2[C@@H]3CC(O)C4CC(=NO)CC[C@]4(C)[C@H]3CC[C@]12C. The third kappa shape index (κ3) is 3.65. The van der Waals surface area contributed by atoms with Gasteiger partial charge in [0.25, 0.3) is 0 Å². The summed E-state index contributed by atoms with van der Waals surface area (Å²) in [5.74, 6) is 5.07. The monoisotopic (exact) mass is 417 g/mol. The van der Waals surface area contributed by atoms with Crippen molar-refractivity contribution in [2.24, 2.45) is 57.4 Å². The molecule has 4 saturated carbocycles. The highest BCUT2D eigenvalue weighted by Crippen LogP contribution is 2.68. The first kappa shape index (κ1) is 22.6. The number of rotatable bonds is 5. The first-order valence-corrected chi connectivity index (χ1v) is 13.1. The predicted molar refractivity (Wildman–Crippen MR) is 124 cm³/mol. The third-order valence-corrected chi connectivity index (χ3v) is 10.9. The van der Waals surface area contributed by atoms with Gasteiger partial charge in [0.1, 0.15) is 0 Å². The summed E-state index contributed by atoms with van der Waals surface area (Å²) in [6.07, 6.45) is 13.2. The number of aliphatic hydroxyl groups excluding tert-OH is 1. The first-order chi connectivity index (χ1) is 14.2. The van der Waals surface area contributed by atoms with E-state index in [2.05, 4.69) is 39.8 Å². The summed E-state index contributed by atoms with van der Waals surface area (Å²) >= 11 is 0. The third-order valence-electron chi connectivity index (χ3n) is 10.9. The molecule has 0 aliphatic heterocycles. The summed E-state index contributed by atoms with van der Waals surface area (Å²) in [7, 11) is 0. The molecule has 0 bridgehead atoms. The van der Waals surface area contributed by atoms with Gasteiger partial charge in [0.05, 0.1) is 11.8 Å². The highest BCUT2D eigenvalue weighted by atomic mass is 16.4. The summed E-state index contributed by atoms with van der Waals surface area (Å²) < 4.78 is 0. The Labute approximate surface area is 185 Å². The minimum Gasteiger partial charge on any atom is -0.411 e. The van der Waals surface area contributed by atoms with Gasteiger partial charge in [-0.15, -0.1) is 0 Å². The van der Waals surface area contributed by atoms with Gasteiger partial charge >= 0.3 is 0 Å². The second kappa shape index (κ2) is 8.41. The van der Waals surface area contributed by atoms with Crippen LogP contribution in [0.25, 0.3) is 0 Å². The molecule has 0 spiro atoms. The van der Waals surface area contributed by atoms with E-state index >= 15 is 0 Å². The largest absolute Gasteiger partial charge is 0.411 e. The van der Waals surface area contributed by atoms with Gasteiger partial charge in [-0.2, -0.15) is 0 Å². The van der Waals surface area contributed by atoms with Crippen LogP contribution in [-0.2, 0) is 0 Å². The van der Waals surface area contributed by atoms with Gasteiger partial charge in [0.2, 0.25) is 0 Å². The van der Waals surface area contributed by atoms with E-state index < -0.39 is 0 Å². The molecule has 0 saturated heterocycles. The Kier molecular flexibility index (Phi) is 6.34. The van der Waals surface area contributed by atoms with Crippen LogP contribution in [0.3, 0.4) is 0 Å². The lowest BCUT2D eigenvalue weighted by Crippen LogP contribution is -2.58. The molecule has 2 unspecified atom stereocenters. The highest BCUT2D eigenvalue weighted by Gasteiger charge is 2.62. The minimum absolute atomic E-state index is 0.221. The molecule has 4 aliphatic carbocycles. The summed E-state index contributed by atoms with van der Waals surface area (Å²) in [5.41, 5.74) is 1.61. The van der Waals surface area contributed by atoms with E-state index in [0.29, 0.717) is 11.3 Å². The average molecular weight is 418 g/mol. The van der Waals surface area contributed by atoms with Crippen LogP contribution in [-0.4, -0.2) is 22.1 Å². The maximum Gasteiger partial charge on any atom is 0.0580 e. The molecule has 30 heavy (non-hydrogen) atoms. The number of hydrogen-bond acceptors (Lipinski definition) is 3. The Hall–Kier alpha value is -0.570. The highest BCUT2D eigenvalue weighted by molar-refractivity contribution is 5.85. The second-order valence-electron chi connectivity index (χ2n) is 12.7. The summed E-state index contributed by atoms with van der Waals surface area (Å²) in [5, 5.41) is 24.1. The minimum atomic E-state index is -0.224. The van der Waals surface area contributed by atoms with Crippen molar-refractivity contribution < 1.29 is 10.3 Å². The zero-order chi connectivity index (χ0) is 21.7. The van der Waals surface area contributed by atoms with Crippen molar-refractivity contribution in [3.63, 3.8) is 0 Å². The molecule has 0 aromatic heterocycles. The van der Waals surface area contributed by atoms with Crippen LogP contribution in [0, 0.1) is 52.3 Å². The lowest BCUT2D eigenvalue weighted by Gasteiger charge is -2.62. The van der Waals surface area contributed by atoms with Crippen molar-refractivity contribution in [1.82, 2.24) is 0 Å². The number of oxime groups is 1. The van der Waals surface area contributed by atoms with Gasteiger partial charge in [-0.1, -0.05) is 59.0 Å². The molecule has 9 atom stereocenters. The van der Waals surface area contributed by atoms with Crippen LogP contribution in [0.1, 0.15) is 105 Å². The van der Waals surface area contributed by atoms with Crippen LogP contribution < -0.4 is 0 Å². The van der Waals surface area contributed by atoms with Gasteiger partial charge in [-0.3, -0.25) is 0 Å². The second-order valence-corrected chi connectivity index (χ2v) is 12.7. The molecule has 0 aromatic carbocycles. The standard InChI is InChI=1S/C27H47NO2/c1-17(2)7-6-8-18(3)21-9-10-22-20-16-25(29)24-15-19(28-30)11-13-27(24,5)23(20)12-14-26(21,22)4/h17-18,20-25,29-30H,6-16H2,1-5H3/t18-,20+,21-,22+,23+,24?,25?,26-,27-/m1/s1. The van der Waals surface area contributed by atoms with E-state index in [9.17, 15) is 10.3 Å². The fourth-order valence-corrected chi connectivity index (χ4v) is 9.22. The normalized spacial score (nSPS) is 48.3. The number of fused-ring (bicyclic) bond motifs is 5. The van der Waals surface area contributed by atoms with Gasteiger partial charge in [-0.25, -0.2) is 0 Å². The number of aliphatic hydroxyl groups is 1. The van der Waals surface area contributed by atoms with Crippen molar-refractivity contribution in [2.75, 3.05) is 0 Å². The molecular formula is C27H47NO2. The zero-order valence-electron chi connectivity index (χ0n) is 20.2. The van der Waals surface area contributed by atoms with Crippen molar-refractivity contribution in [3.05, 3.63) is 0 Å². The molecule has 2 N–H and O–H groups in total. The number of nitrogens with zero attached hydrogens (tertiary/aromatic N) is 1. The fraction of sp³-hybridized carbons (Fsp3) is 0.963. The van der Waals surface area contributed by atoms with E-state index in [4.69, 9.17) is 0 Å². The van der Waals surface area contributed by atoms with Gasteiger partial charge < -0.3 is 10.3 Å². The first-order valence-electron chi connectivity index (χ1n) is 13.1. The van der Waals surface area contributed by atoms with Crippen LogP contribution in [0.5, 0.6) is 0 Å². The Morgan fingerprint density at radius 2 is 1.70 bits per heavy atom. The lowest BCUT2D eigenvalue weighted by molar-refractivity contribution is -0.149. The molecule has 0 heterocycles. The summed E-state index contributed by atoms with van der Waals surface area (Å²) in [6, 6.07) is 0. The fourth-order valence-electron chi connectivity index (χ4n) is 9.22. The molecule has 0 radical (unpaired) electrons. The summed E-state index contributed by atoms with van der Waals surface area (Å²) in [6.45, 7) is 12.3. The van der Waals surface area contributed by atoms with Crippen LogP contribution in [0.4, 0.5) is 0 Å². The van der Waals surface area contributed by atoms with Crippen molar-refractivity contribution in [3.8, 4) is 0 Å². The molecule has 4 fully saturated rings. The zero-order valence-corrected chi connectivity index (χ0v) is 20.2. The van der Waals surface area contributed by atoms with Gasteiger partial charge in [-0.05, 0) is 104 Å². The van der Waals surface area contributed by atoms with Gasteiger partial charge in [0.15, 0.2) is 0 Å². The van der Waals surface area contributed by atoms with E-state index in [-0.39, 0.29) is 17.4 Å². The predicted octanol–water partition coefficient (Wildman–Crippen LogP) is 6.91. The van der Waals surface area contributed by atoms with Gasteiger partial charge in [0, 0.05) is 0 Å². The summed E-state index contributed by atoms with van der Waals surface area (Å²) in [4.78, 5) is 0. The van der Waals surface area contributed by atoms with E-state index in [0.717, 1.165) is 61.0 Å². The van der Waals surface area contributed by atoms with E-state index in [1.54, 1.807) is 0 Å². The Balaban J connectivity index is 1.50. The maximum atomic E-state index is 11.2. The lowest BCUT2D eigenvalue weighted by atomic mass is 9.44. The van der Waals surface area contributed by atoms with Crippen LogP contribution >= 0.6 is 0 Å². The Morgan fingerprint density at radius 1 is 0.967 bits per heavy atom. The molecule has 3 heteroatoms. The quantitative estimate of drug-likeness (QED) is 0.377.